The van der Waals surface area contributed by atoms with Crippen molar-refractivity contribution in [3.05, 3.63) is 29.3 Å². The van der Waals surface area contributed by atoms with Gasteiger partial charge in [-0.1, -0.05) is 6.42 Å². The van der Waals surface area contributed by atoms with E-state index in [1.54, 1.807) is 12.1 Å². The third-order valence-corrected chi connectivity index (χ3v) is 3.63. The molecule has 2 aliphatic rings. The maximum absolute atomic E-state index is 12.1. The lowest BCUT2D eigenvalue weighted by molar-refractivity contribution is -0.118. The molecule has 2 heterocycles. The zero-order chi connectivity index (χ0) is 14.1. The van der Waals surface area contributed by atoms with E-state index in [0.717, 1.165) is 25.8 Å². The average Bonchev–Trinajstić information content (AvgIpc) is 2.75. The summed E-state index contributed by atoms with van der Waals surface area (Å²) < 4.78 is 0. The van der Waals surface area contributed by atoms with Gasteiger partial charge in [-0.25, -0.2) is 0 Å². The number of hydrogen-bond donors (Lipinski definition) is 3. The fourth-order valence-electron chi connectivity index (χ4n) is 2.55. The highest BCUT2D eigenvalue weighted by molar-refractivity contribution is 6.22. The van der Waals surface area contributed by atoms with E-state index in [4.69, 9.17) is 0 Å². The zero-order valence-corrected chi connectivity index (χ0v) is 10.9. The molecule has 6 heteroatoms. The Morgan fingerprint density at radius 3 is 2.70 bits per heavy atom. The van der Waals surface area contributed by atoms with Crippen LogP contribution in [0.5, 0.6) is 0 Å². The summed E-state index contributed by atoms with van der Waals surface area (Å²) in [6.07, 6.45) is 2.94. The van der Waals surface area contributed by atoms with Crippen LogP contribution in [0.1, 0.15) is 40.0 Å². The van der Waals surface area contributed by atoms with Gasteiger partial charge in [-0.15, -0.1) is 0 Å². The molecule has 20 heavy (non-hydrogen) atoms. The van der Waals surface area contributed by atoms with Crippen LogP contribution in [-0.2, 0) is 4.79 Å². The van der Waals surface area contributed by atoms with Gasteiger partial charge in [0.2, 0.25) is 5.91 Å². The fourth-order valence-corrected chi connectivity index (χ4v) is 2.55. The second-order valence-electron chi connectivity index (χ2n) is 5.04. The second kappa shape index (κ2) is 5.05. The molecule has 2 aliphatic heterocycles. The molecule has 3 N–H and O–H groups in total. The fraction of sp³-hybridized carbons (Fsp3) is 0.357. The Morgan fingerprint density at radius 2 is 1.95 bits per heavy atom. The van der Waals surface area contributed by atoms with Crippen molar-refractivity contribution in [1.82, 2.24) is 10.6 Å². The predicted octanol–water partition coefficient (Wildman–Crippen LogP) is 0.651. The van der Waals surface area contributed by atoms with Crippen molar-refractivity contribution >= 4 is 23.4 Å². The molecule has 6 nitrogen and oxygen atoms in total. The Balaban J connectivity index is 1.75. The molecule has 1 saturated heterocycles. The Hall–Kier alpha value is -2.21. The zero-order valence-electron chi connectivity index (χ0n) is 10.9. The smallest absolute Gasteiger partial charge is 0.259 e. The number of benzene rings is 1. The van der Waals surface area contributed by atoms with E-state index in [9.17, 15) is 14.4 Å². The summed E-state index contributed by atoms with van der Waals surface area (Å²) in [5.74, 6) is -0.914. The van der Waals surface area contributed by atoms with Crippen LogP contribution < -0.4 is 16.0 Å². The van der Waals surface area contributed by atoms with Crippen molar-refractivity contribution in [1.29, 1.82) is 0 Å². The first kappa shape index (κ1) is 12.8. The minimum Gasteiger partial charge on any atom is -0.325 e. The van der Waals surface area contributed by atoms with Crippen LogP contribution in [0.2, 0.25) is 0 Å². The minimum atomic E-state index is -0.420. The van der Waals surface area contributed by atoms with Crippen LogP contribution >= 0.6 is 0 Å². The van der Waals surface area contributed by atoms with Crippen molar-refractivity contribution in [2.45, 2.75) is 25.3 Å². The largest absolute Gasteiger partial charge is 0.325 e. The van der Waals surface area contributed by atoms with E-state index in [1.807, 2.05) is 0 Å². The minimum absolute atomic E-state index is 0.102. The van der Waals surface area contributed by atoms with E-state index in [0.29, 0.717) is 16.8 Å². The van der Waals surface area contributed by atoms with Gasteiger partial charge in [-0.3, -0.25) is 19.7 Å². The second-order valence-corrected chi connectivity index (χ2v) is 5.04. The van der Waals surface area contributed by atoms with Gasteiger partial charge >= 0.3 is 0 Å². The summed E-state index contributed by atoms with van der Waals surface area (Å²) >= 11 is 0. The van der Waals surface area contributed by atoms with E-state index in [2.05, 4.69) is 16.0 Å². The number of rotatable bonds is 2. The van der Waals surface area contributed by atoms with Crippen molar-refractivity contribution < 1.29 is 14.4 Å². The number of fused-ring (bicyclic) bond motifs is 1. The summed E-state index contributed by atoms with van der Waals surface area (Å²) in [5, 5.41) is 8.17. The van der Waals surface area contributed by atoms with Gasteiger partial charge in [0.05, 0.1) is 17.2 Å². The van der Waals surface area contributed by atoms with Gasteiger partial charge < -0.3 is 10.6 Å². The maximum Gasteiger partial charge on any atom is 0.259 e. The van der Waals surface area contributed by atoms with Crippen LogP contribution in [0.15, 0.2) is 18.2 Å². The monoisotopic (exact) mass is 273 g/mol. The Morgan fingerprint density at radius 1 is 1.15 bits per heavy atom. The Labute approximate surface area is 115 Å². The molecule has 1 aromatic rings. The molecule has 0 saturated carbocycles. The standard InChI is InChI=1S/C14H15N3O3/c18-12-9-5-4-8(7-10(9)13(19)17-12)16-14(20)11-3-1-2-6-15-11/h4-5,7,11,15H,1-3,6H2,(H,16,20)(H,17,18,19)/t11-/m0/s1. The topological polar surface area (TPSA) is 87.3 Å². The molecule has 0 unspecified atom stereocenters. The number of imide groups is 1. The Kier molecular flexibility index (Phi) is 3.23. The number of piperidine rings is 1. The molecule has 0 spiro atoms. The number of amides is 3. The molecule has 104 valence electrons. The molecule has 1 atom stereocenters. The van der Waals surface area contributed by atoms with Gasteiger partial charge in [-0.2, -0.15) is 0 Å². The van der Waals surface area contributed by atoms with Crippen LogP contribution in [0, 0.1) is 0 Å². The highest BCUT2D eigenvalue weighted by Gasteiger charge is 2.27. The average molecular weight is 273 g/mol. The van der Waals surface area contributed by atoms with Crippen molar-refractivity contribution in [2.75, 3.05) is 11.9 Å². The lowest BCUT2D eigenvalue weighted by Crippen LogP contribution is -2.43. The highest BCUT2D eigenvalue weighted by atomic mass is 16.2. The van der Waals surface area contributed by atoms with Crippen molar-refractivity contribution in [3.63, 3.8) is 0 Å². The molecular formula is C14H15N3O3. The quantitative estimate of drug-likeness (QED) is 0.690. The van der Waals surface area contributed by atoms with Crippen LogP contribution in [0.4, 0.5) is 5.69 Å². The van der Waals surface area contributed by atoms with Crippen molar-refractivity contribution in [2.24, 2.45) is 0 Å². The normalized spacial score (nSPS) is 21.3. The number of anilines is 1. The SMILES string of the molecule is O=C1NC(=O)c2cc(NC(=O)[C@@H]3CCCCN3)ccc21. The summed E-state index contributed by atoms with van der Waals surface area (Å²) in [6, 6.07) is 4.54. The first-order valence-electron chi connectivity index (χ1n) is 6.69. The summed E-state index contributed by atoms with van der Waals surface area (Å²) in [5.41, 5.74) is 1.19. The predicted molar refractivity (Wildman–Crippen MR) is 72.5 cm³/mol. The summed E-state index contributed by atoms with van der Waals surface area (Å²) in [7, 11) is 0. The van der Waals surface area contributed by atoms with Crippen LogP contribution in [0.3, 0.4) is 0 Å². The number of carbonyl (C=O) groups is 3. The summed E-state index contributed by atoms with van der Waals surface area (Å²) in [6.45, 7) is 0.846. The van der Waals surface area contributed by atoms with Gasteiger partial charge in [0.25, 0.3) is 11.8 Å². The first-order valence-corrected chi connectivity index (χ1v) is 6.69. The number of carbonyl (C=O) groups excluding carboxylic acids is 3. The van der Waals surface area contributed by atoms with Crippen molar-refractivity contribution in [3.8, 4) is 0 Å². The first-order chi connectivity index (χ1) is 9.65. The van der Waals surface area contributed by atoms with E-state index < -0.39 is 11.8 Å². The van der Waals surface area contributed by atoms with Gasteiger partial charge in [0.1, 0.15) is 0 Å². The third-order valence-electron chi connectivity index (χ3n) is 3.63. The summed E-state index contributed by atoms with van der Waals surface area (Å²) in [4.78, 5) is 35.1. The highest BCUT2D eigenvalue weighted by Crippen LogP contribution is 2.20. The lowest BCUT2D eigenvalue weighted by atomic mass is 10.0. The van der Waals surface area contributed by atoms with E-state index in [-0.39, 0.29) is 11.9 Å². The molecule has 0 aromatic heterocycles. The molecular weight excluding hydrogens is 258 g/mol. The van der Waals surface area contributed by atoms with Gasteiger partial charge in [0.15, 0.2) is 0 Å². The maximum atomic E-state index is 12.1. The third kappa shape index (κ3) is 2.30. The number of hydrogen-bond acceptors (Lipinski definition) is 4. The van der Waals surface area contributed by atoms with E-state index >= 15 is 0 Å². The molecule has 0 bridgehead atoms. The lowest BCUT2D eigenvalue weighted by Gasteiger charge is -2.22. The van der Waals surface area contributed by atoms with Crippen LogP contribution in [-0.4, -0.2) is 30.3 Å². The van der Waals surface area contributed by atoms with Gasteiger partial charge in [0, 0.05) is 5.69 Å². The van der Waals surface area contributed by atoms with Crippen LogP contribution in [0.25, 0.3) is 0 Å². The van der Waals surface area contributed by atoms with E-state index in [1.165, 1.54) is 6.07 Å². The molecule has 1 fully saturated rings. The number of nitrogens with one attached hydrogen (secondary N) is 3. The molecule has 1 aromatic carbocycles. The Bertz CT molecular complexity index is 591. The van der Waals surface area contributed by atoms with Gasteiger partial charge in [-0.05, 0) is 37.6 Å². The molecule has 3 rings (SSSR count). The molecule has 3 amide bonds. The molecule has 0 radical (unpaired) electrons. The molecule has 0 aliphatic carbocycles.